The first-order valence-corrected chi connectivity index (χ1v) is 12.1. The normalized spacial score (nSPS) is 20.1. The zero-order valence-corrected chi connectivity index (χ0v) is 18.9. The number of nitrogens with zero attached hydrogens (tertiary/aromatic N) is 3. The molecule has 2 amide bonds. The average Bonchev–Trinajstić information content (AvgIpc) is 2.82. The molecule has 176 valence electrons. The summed E-state index contributed by atoms with van der Waals surface area (Å²) in [5.74, 6) is -1.86. The highest BCUT2D eigenvalue weighted by Crippen LogP contribution is 2.20. The highest BCUT2D eigenvalue weighted by atomic mass is 32.2. The second kappa shape index (κ2) is 10.4. The van der Waals surface area contributed by atoms with E-state index in [2.05, 4.69) is 0 Å². The number of ether oxygens (including phenoxy) is 1. The van der Waals surface area contributed by atoms with Gasteiger partial charge in [0.15, 0.2) is 6.61 Å². The van der Waals surface area contributed by atoms with Crippen LogP contribution in [0.5, 0.6) is 0 Å². The van der Waals surface area contributed by atoms with Crippen LogP contribution in [0.1, 0.15) is 26.2 Å². The summed E-state index contributed by atoms with van der Waals surface area (Å²) >= 11 is 0. The van der Waals surface area contributed by atoms with Crippen molar-refractivity contribution in [3.8, 4) is 0 Å². The quantitative estimate of drug-likeness (QED) is 0.572. The van der Waals surface area contributed by atoms with Gasteiger partial charge in [-0.05, 0) is 37.1 Å². The number of amides is 2. The highest BCUT2D eigenvalue weighted by Gasteiger charge is 2.32. The van der Waals surface area contributed by atoms with E-state index in [1.807, 2.05) is 0 Å². The molecule has 0 bridgehead atoms. The Morgan fingerprint density at radius 1 is 1.00 bits per heavy atom. The number of carbonyl (C=O) groups excluding carboxylic acids is 3. The molecule has 3 rings (SSSR count). The molecular weight excluding hydrogens is 441 g/mol. The van der Waals surface area contributed by atoms with Gasteiger partial charge in [0.25, 0.3) is 5.91 Å². The van der Waals surface area contributed by atoms with Crippen LogP contribution in [0.25, 0.3) is 0 Å². The maximum Gasteiger partial charge on any atom is 0.311 e. The number of halogens is 1. The third-order valence-corrected chi connectivity index (χ3v) is 7.70. The first-order chi connectivity index (χ1) is 15.2. The molecule has 0 radical (unpaired) electrons. The highest BCUT2D eigenvalue weighted by molar-refractivity contribution is 7.89. The Morgan fingerprint density at radius 2 is 1.66 bits per heavy atom. The van der Waals surface area contributed by atoms with Crippen molar-refractivity contribution in [2.45, 2.75) is 31.1 Å². The molecule has 11 heteroatoms. The molecule has 0 aromatic heterocycles. The van der Waals surface area contributed by atoms with Crippen LogP contribution in [-0.4, -0.2) is 86.2 Å². The van der Waals surface area contributed by atoms with Crippen LogP contribution in [0, 0.1) is 11.7 Å². The lowest BCUT2D eigenvalue weighted by Gasteiger charge is -2.34. The van der Waals surface area contributed by atoms with Gasteiger partial charge in [-0.1, -0.05) is 6.92 Å². The van der Waals surface area contributed by atoms with Crippen LogP contribution in [-0.2, 0) is 29.1 Å². The molecule has 0 spiro atoms. The molecule has 0 N–H and O–H groups in total. The average molecular weight is 470 g/mol. The van der Waals surface area contributed by atoms with Crippen molar-refractivity contribution in [3.63, 3.8) is 0 Å². The number of rotatable bonds is 6. The van der Waals surface area contributed by atoms with Crippen molar-refractivity contribution < 1.29 is 31.9 Å². The molecule has 1 atom stereocenters. The van der Waals surface area contributed by atoms with E-state index < -0.39 is 40.2 Å². The molecule has 1 aromatic carbocycles. The van der Waals surface area contributed by atoms with Crippen LogP contribution in [0.4, 0.5) is 4.39 Å². The van der Waals surface area contributed by atoms with Crippen LogP contribution in [0.15, 0.2) is 29.2 Å². The molecule has 1 aromatic rings. The van der Waals surface area contributed by atoms with Crippen molar-refractivity contribution >= 4 is 27.8 Å². The number of sulfonamides is 1. The second-order valence-electron chi connectivity index (χ2n) is 7.88. The lowest BCUT2D eigenvalue weighted by Crippen LogP contribution is -2.51. The Balaban J connectivity index is 1.47. The summed E-state index contributed by atoms with van der Waals surface area (Å²) < 4.78 is 44.8. The fourth-order valence-corrected chi connectivity index (χ4v) is 5.32. The van der Waals surface area contributed by atoms with E-state index >= 15 is 0 Å². The predicted octanol–water partition coefficient (Wildman–Crippen LogP) is 0.850. The van der Waals surface area contributed by atoms with Crippen LogP contribution >= 0.6 is 0 Å². The van der Waals surface area contributed by atoms with Gasteiger partial charge in [0, 0.05) is 45.7 Å². The Bertz CT molecular complexity index is 945. The summed E-state index contributed by atoms with van der Waals surface area (Å²) in [6.07, 6.45) is 1.70. The fraction of sp³-hybridized carbons (Fsp3) is 0.571. The Morgan fingerprint density at radius 3 is 2.28 bits per heavy atom. The van der Waals surface area contributed by atoms with Crippen molar-refractivity contribution in [1.29, 1.82) is 0 Å². The maximum absolute atomic E-state index is 13.1. The minimum absolute atomic E-state index is 0.00399. The van der Waals surface area contributed by atoms with Crippen molar-refractivity contribution in [3.05, 3.63) is 30.1 Å². The van der Waals surface area contributed by atoms with E-state index in [0.717, 1.165) is 12.1 Å². The van der Waals surface area contributed by atoms with Gasteiger partial charge in [0.1, 0.15) is 5.82 Å². The molecule has 1 unspecified atom stereocenters. The van der Waals surface area contributed by atoms with Gasteiger partial charge in [-0.3, -0.25) is 14.4 Å². The molecule has 0 saturated carbocycles. The van der Waals surface area contributed by atoms with E-state index in [4.69, 9.17) is 4.74 Å². The molecule has 2 heterocycles. The van der Waals surface area contributed by atoms with Crippen molar-refractivity contribution in [2.24, 2.45) is 5.92 Å². The summed E-state index contributed by atoms with van der Waals surface area (Å²) in [6, 6.07) is 4.60. The fourth-order valence-electron chi connectivity index (χ4n) is 3.90. The largest absolute Gasteiger partial charge is 0.455 e. The monoisotopic (exact) mass is 469 g/mol. The van der Waals surface area contributed by atoms with Gasteiger partial charge in [-0.2, -0.15) is 4.31 Å². The Kier molecular flexibility index (Phi) is 7.83. The summed E-state index contributed by atoms with van der Waals surface area (Å²) in [4.78, 5) is 39.8. The number of piperidine rings is 1. The molecule has 32 heavy (non-hydrogen) atoms. The molecule has 2 aliphatic heterocycles. The Hall–Kier alpha value is -2.53. The lowest BCUT2D eigenvalue weighted by atomic mass is 9.98. The van der Waals surface area contributed by atoms with E-state index in [9.17, 15) is 27.2 Å². The zero-order chi connectivity index (χ0) is 23.3. The number of hydrogen-bond donors (Lipinski definition) is 0. The van der Waals surface area contributed by atoms with Gasteiger partial charge in [0.2, 0.25) is 15.9 Å². The van der Waals surface area contributed by atoms with Crippen LogP contribution in [0.3, 0.4) is 0 Å². The van der Waals surface area contributed by atoms with E-state index in [-0.39, 0.29) is 37.0 Å². The summed E-state index contributed by atoms with van der Waals surface area (Å²) in [5, 5.41) is 0. The minimum Gasteiger partial charge on any atom is -0.455 e. The number of hydrogen-bond acceptors (Lipinski definition) is 6. The molecular formula is C21H28FN3O6S. The van der Waals surface area contributed by atoms with Gasteiger partial charge < -0.3 is 14.5 Å². The predicted molar refractivity (Wildman–Crippen MR) is 112 cm³/mol. The topological polar surface area (TPSA) is 104 Å². The van der Waals surface area contributed by atoms with E-state index in [1.165, 1.54) is 21.3 Å². The number of likely N-dealkylation sites (tertiary alicyclic amines) is 1. The van der Waals surface area contributed by atoms with Gasteiger partial charge in [-0.15, -0.1) is 0 Å². The van der Waals surface area contributed by atoms with Crippen molar-refractivity contribution in [1.82, 2.24) is 14.1 Å². The first-order valence-electron chi connectivity index (χ1n) is 10.7. The molecule has 2 fully saturated rings. The molecule has 9 nitrogen and oxygen atoms in total. The molecule has 2 aliphatic rings. The number of benzene rings is 1. The minimum atomic E-state index is -3.77. The third-order valence-electron chi connectivity index (χ3n) is 5.79. The maximum atomic E-state index is 13.1. The van der Waals surface area contributed by atoms with Gasteiger partial charge >= 0.3 is 5.97 Å². The summed E-state index contributed by atoms with van der Waals surface area (Å²) in [7, 11) is -3.77. The smallest absolute Gasteiger partial charge is 0.311 e. The third kappa shape index (κ3) is 5.63. The molecule has 2 saturated heterocycles. The number of carbonyl (C=O) groups is 3. The SMILES string of the molecule is CCC(=O)N1CCCC(C(=O)OCC(=O)N2CCN(S(=O)(=O)c3ccc(F)cc3)CC2)C1. The van der Waals surface area contributed by atoms with Crippen LogP contribution in [0.2, 0.25) is 0 Å². The summed E-state index contributed by atoms with van der Waals surface area (Å²) in [5.41, 5.74) is 0. The van der Waals surface area contributed by atoms with E-state index in [1.54, 1.807) is 11.8 Å². The van der Waals surface area contributed by atoms with Crippen molar-refractivity contribution in [2.75, 3.05) is 45.9 Å². The number of esters is 1. The zero-order valence-electron chi connectivity index (χ0n) is 18.0. The standard InChI is InChI=1S/C21H28FN3O6S/c1-2-19(26)24-9-3-4-16(14-24)21(28)31-15-20(27)23-10-12-25(13-11-23)32(29,30)18-7-5-17(22)6-8-18/h5-8,16H,2-4,9-15H2,1H3. The molecule has 0 aliphatic carbocycles. The first kappa shape index (κ1) is 24.1. The summed E-state index contributed by atoms with van der Waals surface area (Å²) in [6.45, 7) is 2.81. The number of piperazine rings is 1. The van der Waals surface area contributed by atoms with Gasteiger partial charge in [-0.25, -0.2) is 12.8 Å². The van der Waals surface area contributed by atoms with Crippen LogP contribution < -0.4 is 0 Å². The lowest BCUT2D eigenvalue weighted by molar-refractivity contribution is -0.158. The van der Waals surface area contributed by atoms with E-state index in [0.29, 0.717) is 32.4 Å². The Labute approximate surface area is 187 Å². The second-order valence-corrected chi connectivity index (χ2v) is 9.82. The van der Waals surface area contributed by atoms with Gasteiger partial charge in [0.05, 0.1) is 10.8 Å².